The molecule has 18 heavy (non-hydrogen) atoms. The van der Waals surface area contributed by atoms with Crippen LogP contribution in [0, 0.1) is 5.92 Å². The van der Waals surface area contributed by atoms with E-state index in [0.29, 0.717) is 23.8 Å². The van der Waals surface area contributed by atoms with Crippen LogP contribution in [0.2, 0.25) is 5.02 Å². The molecule has 0 aliphatic heterocycles. The molecule has 0 saturated carbocycles. The second-order valence-corrected chi connectivity index (χ2v) is 4.80. The summed E-state index contributed by atoms with van der Waals surface area (Å²) in [6, 6.07) is 5.39. The maximum Gasteiger partial charge on any atom is 0.306 e. The molecule has 1 aromatic carbocycles. The van der Waals surface area contributed by atoms with Crippen molar-refractivity contribution in [3.8, 4) is 5.75 Å². The van der Waals surface area contributed by atoms with Gasteiger partial charge in [0.1, 0.15) is 12.4 Å². The van der Waals surface area contributed by atoms with E-state index in [2.05, 4.69) is 6.58 Å². The van der Waals surface area contributed by atoms with Crippen LogP contribution in [0.1, 0.15) is 19.4 Å². The van der Waals surface area contributed by atoms with Crippen molar-refractivity contribution in [3.63, 3.8) is 0 Å². The third-order valence-corrected chi connectivity index (χ3v) is 2.89. The van der Waals surface area contributed by atoms with Crippen LogP contribution in [0.5, 0.6) is 5.75 Å². The van der Waals surface area contributed by atoms with Crippen LogP contribution in [0.3, 0.4) is 0 Å². The lowest BCUT2D eigenvalue weighted by Gasteiger charge is -2.12. The third-order valence-electron chi connectivity index (χ3n) is 2.47. The van der Waals surface area contributed by atoms with E-state index in [4.69, 9.17) is 21.4 Å². The van der Waals surface area contributed by atoms with Gasteiger partial charge in [-0.3, -0.25) is 4.79 Å². The summed E-state index contributed by atoms with van der Waals surface area (Å²) in [5, 5.41) is 9.37. The van der Waals surface area contributed by atoms with E-state index in [9.17, 15) is 4.79 Å². The fraction of sp³-hybridized carbons (Fsp3) is 0.357. The Labute approximate surface area is 112 Å². The molecule has 0 aromatic heterocycles. The molecular weight excluding hydrogens is 252 g/mol. The normalized spacial score (nSPS) is 11.9. The van der Waals surface area contributed by atoms with E-state index in [1.807, 2.05) is 19.1 Å². The first-order chi connectivity index (χ1) is 8.41. The van der Waals surface area contributed by atoms with Crippen molar-refractivity contribution in [3.05, 3.63) is 40.9 Å². The van der Waals surface area contributed by atoms with E-state index in [1.165, 1.54) is 0 Å². The standard InChI is InChI=1S/C14H17ClO3/c1-9(2)8-18-12-6-4-5-11(13(12)15)7-10(3)14(16)17/h4-6,10H,1,7-8H2,2-3H3,(H,16,17). The van der Waals surface area contributed by atoms with Crippen molar-refractivity contribution < 1.29 is 14.6 Å². The molecule has 3 nitrogen and oxygen atoms in total. The van der Waals surface area contributed by atoms with Gasteiger partial charge in [-0.1, -0.05) is 37.2 Å². The average Bonchev–Trinajstić information content (AvgIpc) is 2.29. The zero-order chi connectivity index (χ0) is 13.7. The highest BCUT2D eigenvalue weighted by molar-refractivity contribution is 6.32. The summed E-state index contributed by atoms with van der Waals surface area (Å²) in [7, 11) is 0. The predicted molar refractivity (Wildman–Crippen MR) is 72.3 cm³/mol. The van der Waals surface area contributed by atoms with Crippen LogP contribution in [0.4, 0.5) is 0 Å². The van der Waals surface area contributed by atoms with Crippen LogP contribution in [-0.2, 0) is 11.2 Å². The summed E-state index contributed by atoms with van der Waals surface area (Å²) in [6.07, 6.45) is 0.387. The van der Waals surface area contributed by atoms with Crippen molar-refractivity contribution in [2.45, 2.75) is 20.3 Å². The maximum atomic E-state index is 10.8. The van der Waals surface area contributed by atoms with Gasteiger partial charge in [-0.15, -0.1) is 0 Å². The molecule has 98 valence electrons. The minimum Gasteiger partial charge on any atom is -0.488 e. The van der Waals surface area contributed by atoms with Gasteiger partial charge in [0.2, 0.25) is 0 Å². The molecule has 0 fully saturated rings. The molecule has 1 aromatic rings. The number of carboxylic acids is 1. The minimum absolute atomic E-state index is 0.387. The molecule has 0 aliphatic rings. The van der Waals surface area contributed by atoms with Crippen molar-refractivity contribution >= 4 is 17.6 Å². The van der Waals surface area contributed by atoms with Gasteiger partial charge >= 0.3 is 5.97 Å². The highest BCUT2D eigenvalue weighted by Crippen LogP contribution is 2.30. The van der Waals surface area contributed by atoms with Gasteiger partial charge in [0.25, 0.3) is 0 Å². The molecule has 0 aliphatic carbocycles. The second-order valence-electron chi connectivity index (χ2n) is 4.42. The van der Waals surface area contributed by atoms with Crippen LogP contribution in [0.15, 0.2) is 30.4 Å². The zero-order valence-electron chi connectivity index (χ0n) is 10.6. The SMILES string of the molecule is C=C(C)COc1cccc(CC(C)C(=O)O)c1Cl. The molecule has 4 heteroatoms. The lowest BCUT2D eigenvalue weighted by molar-refractivity contribution is -0.141. The zero-order valence-corrected chi connectivity index (χ0v) is 11.3. The van der Waals surface area contributed by atoms with Crippen LogP contribution >= 0.6 is 11.6 Å². The Morgan fingerprint density at radius 1 is 1.56 bits per heavy atom. The number of benzene rings is 1. The number of rotatable bonds is 6. The van der Waals surface area contributed by atoms with E-state index >= 15 is 0 Å². The Morgan fingerprint density at radius 2 is 2.22 bits per heavy atom. The summed E-state index contributed by atoms with van der Waals surface area (Å²) in [5.74, 6) is -0.743. The first kappa shape index (κ1) is 14.6. The maximum absolute atomic E-state index is 10.8. The van der Waals surface area contributed by atoms with Gasteiger partial charge in [-0.25, -0.2) is 0 Å². The van der Waals surface area contributed by atoms with Crippen LogP contribution < -0.4 is 4.74 Å². The van der Waals surface area contributed by atoms with E-state index < -0.39 is 11.9 Å². The van der Waals surface area contributed by atoms with Crippen molar-refractivity contribution in [1.82, 2.24) is 0 Å². The van der Waals surface area contributed by atoms with Gasteiger partial charge in [0, 0.05) is 0 Å². The largest absolute Gasteiger partial charge is 0.488 e. The van der Waals surface area contributed by atoms with Crippen molar-refractivity contribution in [2.75, 3.05) is 6.61 Å². The first-order valence-corrected chi connectivity index (χ1v) is 6.07. The number of carboxylic acid groups (broad SMARTS) is 1. The molecule has 1 rings (SSSR count). The Balaban J connectivity index is 2.84. The van der Waals surface area contributed by atoms with Gasteiger partial charge in [0.05, 0.1) is 10.9 Å². The van der Waals surface area contributed by atoms with Gasteiger partial charge in [0.15, 0.2) is 0 Å². The van der Waals surface area contributed by atoms with Crippen molar-refractivity contribution in [1.29, 1.82) is 0 Å². The predicted octanol–water partition coefficient (Wildman–Crippen LogP) is 3.56. The van der Waals surface area contributed by atoms with E-state index in [1.54, 1.807) is 13.0 Å². The number of ether oxygens (including phenoxy) is 1. The second kappa shape index (κ2) is 6.45. The minimum atomic E-state index is -0.834. The monoisotopic (exact) mass is 268 g/mol. The molecule has 0 bridgehead atoms. The van der Waals surface area contributed by atoms with Gasteiger partial charge in [-0.2, -0.15) is 0 Å². The van der Waals surface area contributed by atoms with Crippen LogP contribution in [0.25, 0.3) is 0 Å². The van der Waals surface area contributed by atoms with E-state index in [0.717, 1.165) is 11.1 Å². The number of carbonyl (C=O) groups is 1. The molecule has 0 spiro atoms. The molecule has 0 saturated heterocycles. The summed E-state index contributed by atoms with van der Waals surface area (Å²) >= 11 is 6.19. The molecule has 1 N–H and O–H groups in total. The summed E-state index contributed by atoms with van der Waals surface area (Å²) < 4.78 is 5.50. The van der Waals surface area contributed by atoms with Crippen molar-refractivity contribution in [2.24, 2.45) is 5.92 Å². The Bertz CT molecular complexity index is 454. The fourth-order valence-electron chi connectivity index (χ4n) is 1.44. The van der Waals surface area contributed by atoms with Crippen LogP contribution in [-0.4, -0.2) is 17.7 Å². The number of halogens is 1. The van der Waals surface area contributed by atoms with Gasteiger partial charge < -0.3 is 9.84 Å². The van der Waals surface area contributed by atoms with E-state index in [-0.39, 0.29) is 0 Å². The average molecular weight is 269 g/mol. The summed E-state index contributed by atoms with van der Waals surface area (Å²) in [6.45, 7) is 7.67. The summed E-state index contributed by atoms with van der Waals surface area (Å²) in [4.78, 5) is 10.8. The number of hydrogen-bond acceptors (Lipinski definition) is 2. The topological polar surface area (TPSA) is 46.5 Å². The lowest BCUT2D eigenvalue weighted by atomic mass is 10.0. The Hall–Kier alpha value is -1.48. The third kappa shape index (κ3) is 4.08. The highest BCUT2D eigenvalue weighted by atomic mass is 35.5. The quantitative estimate of drug-likeness (QED) is 0.803. The molecule has 0 radical (unpaired) electrons. The molecular formula is C14H17ClO3. The highest BCUT2D eigenvalue weighted by Gasteiger charge is 2.15. The molecule has 0 heterocycles. The Morgan fingerprint density at radius 3 is 2.78 bits per heavy atom. The van der Waals surface area contributed by atoms with Gasteiger partial charge in [-0.05, 0) is 30.5 Å². The molecule has 1 unspecified atom stereocenters. The fourth-order valence-corrected chi connectivity index (χ4v) is 1.70. The smallest absolute Gasteiger partial charge is 0.306 e. The number of hydrogen-bond donors (Lipinski definition) is 1. The Kier molecular flexibility index (Phi) is 5.23. The number of aliphatic carboxylic acids is 1. The molecule has 1 atom stereocenters. The lowest BCUT2D eigenvalue weighted by Crippen LogP contribution is -2.12. The summed E-state index contributed by atoms with van der Waals surface area (Å²) in [5.41, 5.74) is 1.68. The first-order valence-electron chi connectivity index (χ1n) is 5.69. The molecule has 0 amide bonds.